The first-order valence-corrected chi connectivity index (χ1v) is 20.0. The van der Waals surface area contributed by atoms with Crippen LogP contribution in [0.1, 0.15) is 25.2 Å². The van der Waals surface area contributed by atoms with Gasteiger partial charge in [0.2, 0.25) is 0 Å². The number of fused-ring (bicyclic) bond motifs is 2. The number of imidazole rings is 1. The molecule has 276 valence electrons. The van der Waals surface area contributed by atoms with E-state index in [2.05, 4.69) is 81.4 Å². The molecule has 12 heteroatoms. The van der Waals surface area contributed by atoms with Crippen LogP contribution in [-0.2, 0) is 16.7 Å². The molecule has 5 aromatic carbocycles. The van der Waals surface area contributed by atoms with Crippen molar-refractivity contribution in [2.24, 2.45) is 0 Å². The average molecular weight is 819 g/mol. The zero-order valence-electron chi connectivity index (χ0n) is 29.6. The lowest BCUT2D eigenvalue weighted by Crippen LogP contribution is -2.35. The molecule has 7 nitrogen and oxygen atoms in total. The maximum atomic E-state index is 10.4. The number of nitrogens with zero attached hydrogens (tertiary/aromatic N) is 4. The van der Waals surface area contributed by atoms with Crippen molar-refractivity contribution >= 4 is 90.7 Å². The Morgan fingerprint density at radius 2 is 1.28 bits per heavy atom. The SMILES string of the molecule is CCN1/C(=C/C=C/C=C/c2n(-c3ccccc3)c3cc(Cl)c(Cl)cc3[n+]2CC)N(c2ccccc2)c2cc(Cl)c(Cl)cc21.Cc1ccc(S(=O)(=O)[O-])cc1. The second-order valence-corrected chi connectivity index (χ2v) is 15.2. The van der Waals surface area contributed by atoms with E-state index >= 15 is 0 Å². The Morgan fingerprint density at radius 3 is 1.87 bits per heavy atom. The van der Waals surface area contributed by atoms with Crippen molar-refractivity contribution in [2.75, 3.05) is 16.3 Å². The van der Waals surface area contributed by atoms with Crippen molar-refractivity contribution < 1.29 is 17.5 Å². The Morgan fingerprint density at radius 1 is 0.704 bits per heavy atom. The number of aromatic nitrogens is 2. The summed E-state index contributed by atoms with van der Waals surface area (Å²) in [6.07, 6.45) is 10.4. The Bertz CT molecular complexity index is 2500. The van der Waals surface area contributed by atoms with Crippen molar-refractivity contribution in [3.63, 3.8) is 0 Å². The van der Waals surface area contributed by atoms with Crippen molar-refractivity contribution in [2.45, 2.75) is 32.2 Å². The van der Waals surface area contributed by atoms with Gasteiger partial charge < -0.3 is 9.45 Å². The summed E-state index contributed by atoms with van der Waals surface area (Å²) in [6.45, 7) is 7.61. The maximum Gasteiger partial charge on any atom is 0.287 e. The van der Waals surface area contributed by atoms with Crippen LogP contribution in [0, 0.1) is 6.92 Å². The van der Waals surface area contributed by atoms with Crippen molar-refractivity contribution in [3.05, 3.63) is 171 Å². The molecule has 1 aliphatic rings. The quantitative estimate of drug-likeness (QED) is 0.0869. The number of aryl methyl sites for hydroxylation is 2. The fourth-order valence-corrected chi connectivity index (χ4v) is 7.42. The standard InChI is InChI=1S/C35H29Cl4N4.C7H8O3S/c1-3-40-30-20-26(36)28(38)22-32(30)42(24-14-8-5-9-15-24)34(40)18-12-7-13-19-35-41(4-2)31-21-27(37)29(39)23-33(31)43(35)25-16-10-6-11-17-25;1-6-2-4-7(5-3-6)11(8,9)10/h5-23H,3-4H2,1-2H3;2-5H,1H3,(H,8,9,10)/q+1;/p-1. The number of hydrogen-bond acceptors (Lipinski definition) is 5. The highest BCUT2D eigenvalue weighted by Crippen LogP contribution is 2.48. The van der Waals surface area contributed by atoms with Crippen LogP contribution in [0.3, 0.4) is 0 Å². The number of allylic oxidation sites excluding steroid dienone is 4. The van der Waals surface area contributed by atoms with Crippen molar-refractivity contribution in [1.29, 1.82) is 0 Å². The molecule has 0 unspecified atom stereocenters. The van der Waals surface area contributed by atoms with Crippen LogP contribution in [0.25, 0.3) is 22.8 Å². The highest BCUT2D eigenvalue weighted by atomic mass is 35.5. The molecule has 0 aliphatic carbocycles. The summed E-state index contributed by atoms with van der Waals surface area (Å²) in [5.41, 5.74) is 7.04. The van der Waals surface area contributed by atoms with Crippen LogP contribution < -0.4 is 14.4 Å². The van der Waals surface area contributed by atoms with Gasteiger partial charge in [0.1, 0.15) is 21.6 Å². The zero-order valence-corrected chi connectivity index (χ0v) is 33.5. The van der Waals surface area contributed by atoms with Gasteiger partial charge in [-0.2, -0.15) is 4.57 Å². The van der Waals surface area contributed by atoms with E-state index in [4.69, 9.17) is 46.4 Å². The lowest BCUT2D eigenvalue weighted by molar-refractivity contribution is -0.670. The van der Waals surface area contributed by atoms with Gasteiger partial charge in [-0.15, -0.1) is 0 Å². The third kappa shape index (κ3) is 8.25. The van der Waals surface area contributed by atoms with Crippen LogP contribution in [0.2, 0.25) is 20.1 Å². The van der Waals surface area contributed by atoms with Gasteiger partial charge >= 0.3 is 0 Å². The molecule has 2 heterocycles. The Labute approximate surface area is 335 Å². The van der Waals surface area contributed by atoms with Crippen LogP contribution in [0.15, 0.2) is 144 Å². The number of rotatable bonds is 8. The molecular formula is C42H36Cl4N4O3S. The minimum atomic E-state index is -4.27. The largest absolute Gasteiger partial charge is 0.744 e. The second kappa shape index (κ2) is 16.9. The number of anilines is 3. The first kappa shape index (κ1) is 39.2. The average Bonchev–Trinajstić information content (AvgIpc) is 3.62. The molecule has 0 amide bonds. The van der Waals surface area contributed by atoms with Crippen LogP contribution >= 0.6 is 46.4 Å². The van der Waals surface area contributed by atoms with Gasteiger partial charge in [0.25, 0.3) is 5.82 Å². The Hall–Kier alpha value is -4.54. The molecule has 0 N–H and O–H groups in total. The van der Waals surface area contributed by atoms with Gasteiger partial charge in [-0.05, 0) is 75.4 Å². The molecule has 0 saturated heterocycles. The molecule has 0 bridgehead atoms. The van der Waals surface area contributed by atoms with E-state index in [1.54, 1.807) is 12.1 Å². The van der Waals surface area contributed by atoms with E-state index in [0.29, 0.717) is 20.1 Å². The van der Waals surface area contributed by atoms with Gasteiger partial charge in [-0.25, -0.2) is 13.0 Å². The minimum Gasteiger partial charge on any atom is -0.744 e. The van der Waals surface area contributed by atoms with E-state index in [1.807, 2.05) is 73.7 Å². The summed E-state index contributed by atoms with van der Waals surface area (Å²) >= 11 is 25.9. The van der Waals surface area contributed by atoms with E-state index < -0.39 is 10.1 Å². The van der Waals surface area contributed by atoms with Gasteiger partial charge in [0.05, 0.1) is 42.9 Å². The fourth-order valence-electron chi connectivity index (χ4n) is 6.32. The summed E-state index contributed by atoms with van der Waals surface area (Å²) in [5.74, 6) is 2.02. The summed E-state index contributed by atoms with van der Waals surface area (Å²) in [4.78, 5) is 4.27. The first-order valence-electron chi connectivity index (χ1n) is 17.1. The summed E-state index contributed by atoms with van der Waals surface area (Å²) in [7, 11) is -4.27. The normalized spacial score (nSPS) is 13.7. The number of halogens is 4. The third-order valence-electron chi connectivity index (χ3n) is 8.79. The molecule has 0 radical (unpaired) electrons. The monoisotopic (exact) mass is 816 g/mol. The zero-order chi connectivity index (χ0) is 38.6. The summed E-state index contributed by atoms with van der Waals surface area (Å²) in [5, 5.41) is 2.12. The molecule has 0 atom stereocenters. The van der Waals surface area contributed by atoms with E-state index in [0.717, 1.165) is 64.1 Å². The molecule has 0 fully saturated rings. The molecule has 1 aromatic heterocycles. The third-order valence-corrected chi connectivity index (χ3v) is 11.1. The fraction of sp³-hybridized carbons (Fsp3) is 0.119. The lowest BCUT2D eigenvalue weighted by Gasteiger charge is -2.24. The predicted octanol–water partition coefficient (Wildman–Crippen LogP) is 11.5. The first-order chi connectivity index (χ1) is 25.9. The molecule has 54 heavy (non-hydrogen) atoms. The van der Waals surface area contributed by atoms with Gasteiger partial charge in [-0.1, -0.05) is 119 Å². The lowest BCUT2D eigenvalue weighted by atomic mass is 10.2. The number of para-hydroxylation sites is 2. The summed E-state index contributed by atoms with van der Waals surface area (Å²) in [6, 6.07) is 34.1. The van der Waals surface area contributed by atoms with Crippen LogP contribution in [-0.4, -0.2) is 24.1 Å². The Balaban J connectivity index is 0.000000389. The van der Waals surface area contributed by atoms with Gasteiger partial charge in [0, 0.05) is 30.4 Å². The maximum absolute atomic E-state index is 10.4. The van der Waals surface area contributed by atoms with Crippen LogP contribution in [0.4, 0.5) is 17.1 Å². The van der Waals surface area contributed by atoms with E-state index in [-0.39, 0.29) is 4.90 Å². The molecule has 0 saturated carbocycles. The Kier molecular flexibility index (Phi) is 12.2. The van der Waals surface area contributed by atoms with Crippen LogP contribution in [0.5, 0.6) is 0 Å². The number of benzene rings is 5. The molecule has 6 aromatic rings. The molecule has 1 aliphatic heterocycles. The predicted molar refractivity (Wildman–Crippen MR) is 223 cm³/mol. The highest BCUT2D eigenvalue weighted by molar-refractivity contribution is 7.85. The minimum absolute atomic E-state index is 0.178. The molecule has 7 rings (SSSR count). The number of hydrogen-bond donors (Lipinski definition) is 0. The van der Waals surface area contributed by atoms with E-state index in [9.17, 15) is 13.0 Å². The van der Waals surface area contributed by atoms with Gasteiger partial charge in [0.15, 0.2) is 11.0 Å². The highest BCUT2D eigenvalue weighted by Gasteiger charge is 2.32. The van der Waals surface area contributed by atoms with Crippen molar-refractivity contribution in [1.82, 2.24) is 4.57 Å². The smallest absolute Gasteiger partial charge is 0.287 e. The molecule has 0 spiro atoms. The topological polar surface area (TPSA) is 72.5 Å². The van der Waals surface area contributed by atoms with Gasteiger partial charge in [-0.3, -0.25) is 4.90 Å². The van der Waals surface area contributed by atoms with E-state index in [1.165, 1.54) is 12.1 Å². The van der Waals surface area contributed by atoms with Crippen molar-refractivity contribution in [3.8, 4) is 5.69 Å². The molecular weight excluding hydrogens is 782 g/mol. The summed E-state index contributed by atoms with van der Waals surface area (Å²) < 4.78 is 35.6. The second-order valence-electron chi connectivity index (χ2n) is 12.2.